The summed E-state index contributed by atoms with van der Waals surface area (Å²) < 4.78 is 4.78. The first kappa shape index (κ1) is 23.9. The van der Waals surface area contributed by atoms with Gasteiger partial charge in [0, 0.05) is 6.08 Å². The number of ether oxygens (including phenoxy) is 1. The number of rotatable bonds is 19. The van der Waals surface area contributed by atoms with E-state index >= 15 is 0 Å². The Morgan fingerprint density at radius 3 is 1.52 bits per heavy atom. The molecule has 0 saturated heterocycles. The van der Waals surface area contributed by atoms with Crippen molar-refractivity contribution >= 4 is 5.97 Å². The summed E-state index contributed by atoms with van der Waals surface area (Å²) in [5.41, 5.74) is 0. The predicted molar refractivity (Wildman–Crippen MR) is 110 cm³/mol. The molecule has 0 unspecified atom stereocenters. The minimum absolute atomic E-state index is 0.386. The highest BCUT2D eigenvalue weighted by Crippen LogP contribution is 2.14. The summed E-state index contributed by atoms with van der Waals surface area (Å²) in [4.78, 5) is 10.8. The van der Waals surface area contributed by atoms with E-state index in [1.807, 2.05) is 6.08 Å². The van der Waals surface area contributed by atoms with Crippen LogP contribution in [0.15, 0.2) is 25.0 Å². The fourth-order valence-corrected chi connectivity index (χ4v) is 3.04. The van der Waals surface area contributed by atoms with Crippen LogP contribution in [0.1, 0.15) is 116 Å². The lowest BCUT2D eigenvalue weighted by Crippen LogP contribution is -1.91. The van der Waals surface area contributed by atoms with Crippen molar-refractivity contribution in [2.75, 3.05) is 0 Å². The zero-order valence-electron chi connectivity index (χ0n) is 16.8. The second-order valence-electron chi connectivity index (χ2n) is 7.10. The quantitative estimate of drug-likeness (QED) is 0.102. The van der Waals surface area contributed by atoms with Crippen molar-refractivity contribution in [2.24, 2.45) is 0 Å². The van der Waals surface area contributed by atoms with Crippen molar-refractivity contribution < 1.29 is 9.53 Å². The molecule has 146 valence electrons. The molecule has 0 bridgehead atoms. The van der Waals surface area contributed by atoms with Gasteiger partial charge in [0.15, 0.2) is 0 Å². The first-order valence-electron chi connectivity index (χ1n) is 10.8. The number of allylic oxidation sites excluding steroid dienone is 1. The zero-order chi connectivity index (χ0) is 18.4. The third kappa shape index (κ3) is 20.9. The molecule has 0 N–H and O–H groups in total. The van der Waals surface area contributed by atoms with Crippen LogP contribution in [0.4, 0.5) is 0 Å². The van der Waals surface area contributed by atoms with Crippen LogP contribution in [0.5, 0.6) is 0 Å². The first-order valence-corrected chi connectivity index (χ1v) is 10.8. The summed E-state index contributed by atoms with van der Waals surface area (Å²) in [5, 5.41) is 0. The molecule has 0 aromatic rings. The molecule has 0 aliphatic heterocycles. The Morgan fingerprint density at radius 2 is 1.12 bits per heavy atom. The van der Waals surface area contributed by atoms with E-state index in [1.54, 1.807) is 0 Å². The van der Waals surface area contributed by atoms with Crippen molar-refractivity contribution in [1.82, 2.24) is 0 Å². The molecule has 0 spiro atoms. The van der Waals surface area contributed by atoms with Gasteiger partial charge in [0.1, 0.15) is 0 Å². The molecule has 0 aliphatic carbocycles. The Balaban J connectivity index is 3.07. The van der Waals surface area contributed by atoms with Crippen LogP contribution in [-0.2, 0) is 9.53 Å². The maximum absolute atomic E-state index is 10.8. The van der Waals surface area contributed by atoms with Crippen molar-refractivity contribution in [2.45, 2.75) is 116 Å². The minimum atomic E-state index is -0.386. The molecule has 0 fully saturated rings. The summed E-state index contributed by atoms with van der Waals surface area (Å²) in [7, 11) is 0. The van der Waals surface area contributed by atoms with E-state index in [1.165, 1.54) is 115 Å². The van der Waals surface area contributed by atoms with Crippen LogP contribution >= 0.6 is 0 Å². The van der Waals surface area contributed by atoms with Gasteiger partial charge >= 0.3 is 5.97 Å². The number of carbonyl (C=O) groups is 1. The van der Waals surface area contributed by atoms with Gasteiger partial charge in [-0.1, -0.05) is 110 Å². The molecule has 0 rings (SSSR count). The fourth-order valence-electron chi connectivity index (χ4n) is 3.04. The van der Waals surface area contributed by atoms with E-state index in [4.69, 9.17) is 4.74 Å². The summed E-state index contributed by atoms with van der Waals surface area (Å²) in [5.74, 6) is -0.386. The van der Waals surface area contributed by atoms with Gasteiger partial charge in [0.25, 0.3) is 0 Å². The van der Waals surface area contributed by atoms with Gasteiger partial charge in [-0.3, -0.25) is 0 Å². The molecule has 0 aromatic carbocycles. The van der Waals surface area contributed by atoms with Gasteiger partial charge in [-0.05, 0) is 18.9 Å². The third-order valence-corrected chi connectivity index (χ3v) is 4.67. The maximum Gasteiger partial charge on any atom is 0.334 e. The lowest BCUT2D eigenvalue weighted by Gasteiger charge is -2.03. The average molecular weight is 351 g/mol. The average Bonchev–Trinajstić information content (AvgIpc) is 2.63. The van der Waals surface area contributed by atoms with Gasteiger partial charge in [-0.2, -0.15) is 0 Å². The van der Waals surface area contributed by atoms with Crippen molar-refractivity contribution in [3.63, 3.8) is 0 Å². The Hall–Kier alpha value is -1.05. The SMILES string of the molecule is C=CC(=O)O/C=C/CCCCCCCCCCCCCCCCCC. The topological polar surface area (TPSA) is 26.3 Å². The highest BCUT2D eigenvalue weighted by molar-refractivity contribution is 5.81. The van der Waals surface area contributed by atoms with E-state index in [2.05, 4.69) is 13.5 Å². The number of unbranched alkanes of at least 4 members (excludes halogenated alkanes) is 16. The van der Waals surface area contributed by atoms with E-state index < -0.39 is 0 Å². The smallest absolute Gasteiger partial charge is 0.334 e. The van der Waals surface area contributed by atoms with Crippen LogP contribution < -0.4 is 0 Å². The van der Waals surface area contributed by atoms with Gasteiger partial charge < -0.3 is 4.74 Å². The molecule has 2 nitrogen and oxygen atoms in total. The van der Waals surface area contributed by atoms with Crippen LogP contribution in [0, 0.1) is 0 Å². The fraction of sp³-hybridized carbons (Fsp3) is 0.783. The maximum atomic E-state index is 10.8. The van der Waals surface area contributed by atoms with Gasteiger partial charge in [-0.15, -0.1) is 0 Å². The molecule has 0 heterocycles. The lowest BCUT2D eigenvalue weighted by atomic mass is 10.0. The first-order chi connectivity index (χ1) is 12.3. The molecule has 0 saturated carbocycles. The molecule has 2 heteroatoms. The van der Waals surface area contributed by atoms with E-state index in [0.29, 0.717) is 0 Å². The van der Waals surface area contributed by atoms with Crippen LogP contribution in [0.25, 0.3) is 0 Å². The monoisotopic (exact) mass is 350 g/mol. The molecule has 0 amide bonds. The van der Waals surface area contributed by atoms with Crippen molar-refractivity contribution in [1.29, 1.82) is 0 Å². The van der Waals surface area contributed by atoms with Crippen LogP contribution in [0.3, 0.4) is 0 Å². The summed E-state index contributed by atoms with van der Waals surface area (Å²) in [6, 6.07) is 0. The van der Waals surface area contributed by atoms with Gasteiger partial charge in [0.05, 0.1) is 6.26 Å². The van der Waals surface area contributed by atoms with E-state index in [-0.39, 0.29) is 5.97 Å². The minimum Gasteiger partial charge on any atom is -0.432 e. The number of carbonyl (C=O) groups excluding carboxylic acids is 1. The van der Waals surface area contributed by atoms with Crippen molar-refractivity contribution in [3.05, 3.63) is 25.0 Å². The molecule has 0 aliphatic rings. The predicted octanol–water partition coefficient (Wildman–Crippen LogP) is 7.88. The normalized spacial score (nSPS) is 11.1. The summed E-state index contributed by atoms with van der Waals surface area (Å²) in [6.07, 6.45) is 27.8. The Bertz CT molecular complexity index is 320. The largest absolute Gasteiger partial charge is 0.432 e. The lowest BCUT2D eigenvalue weighted by molar-refractivity contribution is -0.132. The molecule has 0 radical (unpaired) electrons. The standard InChI is InChI=1S/C23H42O2/c1-3-5-6-7-8-9-10-11-12-13-14-15-16-17-18-19-20-21-22-25-23(24)4-2/h4,21-22H,2-3,5-20H2,1H3/b22-21+. The molecular formula is C23H42O2. The van der Waals surface area contributed by atoms with Crippen LogP contribution in [-0.4, -0.2) is 5.97 Å². The number of hydrogen-bond acceptors (Lipinski definition) is 2. The van der Waals surface area contributed by atoms with E-state index in [9.17, 15) is 4.79 Å². The second kappa shape index (κ2) is 21.0. The summed E-state index contributed by atoms with van der Waals surface area (Å²) in [6.45, 7) is 5.63. The molecule has 0 aromatic heterocycles. The molecule has 0 atom stereocenters. The highest BCUT2D eigenvalue weighted by Gasteiger charge is 1.94. The zero-order valence-corrected chi connectivity index (χ0v) is 16.8. The van der Waals surface area contributed by atoms with Gasteiger partial charge in [0.2, 0.25) is 0 Å². The molecule has 25 heavy (non-hydrogen) atoms. The third-order valence-electron chi connectivity index (χ3n) is 4.67. The van der Waals surface area contributed by atoms with Crippen molar-refractivity contribution in [3.8, 4) is 0 Å². The van der Waals surface area contributed by atoms with Gasteiger partial charge in [-0.25, -0.2) is 4.79 Å². The number of esters is 1. The number of hydrogen-bond donors (Lipinski definition) is 0. The summed E-state index contributed by atoms with van der Waals surface area (Å²) >= 11 is 0. The highest BCUT2D eigenvalue weighted by atomic mass is 16.5. The Labute approximate surface area is 157 Å². The molecular weight excluding hydrogens is 308 g/mol. The Kier molecular flexibility index (Phi) is 20.1. The second-order valence-corrected chi connectivity index (χ2v) is 7.10. The Morgan fingerprint density at radius 1 is 0.720 bits per heavy atom. The van der Waals surface area contributed by atoms with Crippen LogP contribution in [0.2, 0.25) is 0 Å². The van der Waals surface area contributed by atoms with E-state index in [0.717, 1.165) is 6.42 Å².